The van der Waals surface area contributed by atoms with Crippen molar-refractivity contribution in [3.63, 3.8) is 0 Å². The molecule has 0 unspecified atom stereocenters. The predicted molar refractivity (Wildman–Crippen MR) is 84.2 cm³/mol. The van der Waals surface area contributed by atoms with Crippen LogP contribution in [0.15, 0.2) is 18.2 Å². The van der Waals surface area contributed by atoms with Crippen LogP contribution in [-0.2, 0) is 12.4 Å². The van der Waals surface area contributed by atoms with E-state index >= 15 is 0 Å². The summed E-state index contributed by atoms with van der Waals surface area (Å²) in [6.45, 7) is -0.0892. The van der Waals surface area contributed by atoms with Gasteiger partial charge in [-0.25, -0.2) is 0 Å². The van der Waals surface area contributed by atoms with E-state index in [1.54, 1.807) is 0 Å². The van der Waals surface area contributed by atoms with Crippen molar-refractivity contribution in [3.05, 3.63) is 34.9 Å². The molecule has 0 aromatic heterocycles. The number of nitrogens with one attached hydrogen (secondary N) is 1. The molecule has 0 saturated carbocycles. The van der Waals surface area contributed by atoms with Crippen LogP contribution in [0.4, 0.5) is 39.5 Å². The first-order chi connectivity index (χ1) is 11.3. The average Bonchev–Trinajstić information content (AvgIpc) is 2.45. The molecule has 0 bridgehead atoms. The van der Waals surface area contributed by atoms with Gasteiger partial charge in [-0.2, -0.15) is 39.5 Å². The fourth-order valence-corrected chi connectivity index (χ4v) is 2.74. The maximum absolute atomic E-state index is 13.4. The Kier molecular flexibility index (Phi) is 8.75. The predicted octanol–water partition coefficient (Wildman–Crippen LogP) is 5.08. The molecular weight excluding hydrogens is 438 g/mol. The maximum atomic E-state index is 13.4. The molecule has 1 fully saturated rings. The monoisotopic (exact) mass is 452 g/mol. The van der Waals surface area contributed by atoms with Gasteiger partial charge in [-0.3, -0.25) is 4.90 Å². The van der Waals surface area contributed by atoms with Gasteiger partial charge in [0.15, 0.2) is 0 Å². The number of hydrogen-bond donors (Lipinski definition) is 1. The summed E-state index contributed by atoms with van der Waals surface area (Å²) in [6.07, 6.45) is -15.5. The Morgan fingerprint density at radius 2 is 1.33 bits per heavy atom. The highest BCUT2D eigenvalue weighted by molar-refractivity contribution is 5.85. The smallest absolute Gasteiger partial charge is 0.314 e. The van der Waals surface area contributed by atoms with Crippen molar-refractivity contribution in [3.8, 4) is 0 Å². The van der Waals surface area contributed by atoms with Gasteiger partial charge in [0.1, 0.15) is 6.04 Å². The zero-order chi connectivity index (χ0) is 19.0. The van der Waals surface area contributed by atoms with E-state index < -0.39 is 41.3 Å². The lowest BCUT2D eigenvalue weighted by atomic mass is 9.95. The van der Waals surface area contributed by atoms with Crippen LogP contribution in [0.25, 0.3) is 0 Å². The molecule has 1 saturated heterocycles. The average molecular weight is 453 g/mol. The third-order valence-electron chi connectivity index (χ3n) is 3.81. The minimum absolute atomic E-state index is 0. The van der Waals surface area contributed by atoms with E-state index in [1.165, 1.54) is 0 Å². The Balaban J connectivity index is 0.00000338. The topological polar surface area (TPSA) is 15.3 Å². The lowest BCUT2D eigenvalue weighted by molar-refractivity contribution is -0.190. The maximum Gasteiger partial charge on any atom is 0.416 e. The molecule has 0 spiro atoms. The largest absolute Gasteiger partial charge is 0.416 e. The number of alkyl halides is 9. The molecule has 1 N–H and O–H groups in total. The van der Waals surface area contributed by atoms with Crippen molar-refractivity contribution < 1.29 is 39.5 Å². The first-order valence-corrected chi connectivity index (χ1v) is 7.11. The van der Waals surface area contributed by atoms with Crippen LogP contribution in [0.2, 0.25) is 0 Å². The van der Waals surface area contributed by atoms with Gasteiger partial charge in [0.2, 0.25) is 0 Å². The Labute approximate surface area is 160 Å². The molecule has 1 atom stereocenters. The number of piperazine rings is 1. The zero-order valence-corrected chi connectivity index (χ0v) is 14.9. The quantitative estimate of drug-likeness (QED) is 0.629. The molecule has 2 rings (SSSR count). The Morgan fingerprint density at radius 1 is 0.815 bits per heavy atom. The summed E-state index contributed by atoms with van der Waals surface area (Å²) in [4.78, 5) is 0.786. The van der Waals surface area contributed by atoms with Crippen molar-refractivity contribution in [2.24, 2.45) is 0 Å². The minimum Gasteiger partial charge on any atom is -0.314 e. The minimum atomic E-state index is -5.35. The van der Waals surface area contributed by atoms with Crippen LogP contribution in [0.3, 0.4) is 0 Å². The van der Waals surface area contributed by atoms with Crippen molar-refractivity contribution in [2.75, 3.05) is 26.2 Å². The lowest BCUT2D eigenvalue weighted by Gasteiger charge is -2.37. The van der Waals surface area contributed by atoms with Gasteiger partial charge in [0, 0.05) is 26.2 Å². The summed E-state index contributed by atoms with van der Waals surface area (Å²) in [5.74, 6) is 0. The van der Waals surface area contributed by atoms with Crippen molar-refractivity contribution >= 4 is 24.8 Å². The van der Waals surface area contributed by atoms with Crippen molar-refractivity contribution in [2.45, 2.75) is 24.6 Å². The van der Waals surface area contributed by atoms with E-state index in [0.29, 0.717) is 0 Å². The summed E-state index contributed by atoms with van der Waals surface area (Å²) >= 11 is 0. The standard InChI is InChI=1S/C14H13F9N2.2ClH/c15-12(16,17)8-1-2-9(10(7-8)13(18,19)20)11(14(21,22)23)25-5-3-24-4-6-25;;/h1-2,7,11,24H,3-6H2;2*1H/t11-;;/m1../s1. The molecule has 1 aromatic rings. The van der Waals surface area contributed by atoms with E-state index in [4.69, 9.17) is 0 Å². The highest BCUT2D eigenvalue weighted by atomic mass is 35.5. The van der Waals surface area contributed by atoms with Gasteiger partial charge in [-0.15, -0.1) is 24.8 Å². The fraction of sp³-hybridized carbons (Fsp3) is 0.571. The molecule has 13 heteroatoms. The zero-order valence-electron chi connectivity index (χ0n) is 13.3. The highest BCUT2D eigenvalue weighted by Crippen LogP contribution is 2.45. The normalized spacial score (nSPS) is 17.7. The molecule has 1 aliphatic rings. The Morgan fingerprint density at radius 3 is 1.74 bits per heavy atom. The number of halogens is 11. The second-order valence-electron chi connectivity index (χ2n) is 5.53. The van der Waals surface area contributed by atoms with E-state index in [-0.39, 0.29) is 69.2 Å². The molecule has 0 radical (unpaired) electrons. The molecule has 1 heterocycles. The summed E-state index contributed by atoms with van der Waals surface area (Å²) in [5, 5.41) is 2.77. The van der Waals surface area contributed by atoms with Gasteiger partial charge < -0.3 is 5.32 Å². The molecule has 27 heavy (non-hydrogen) atoms. The van der Waals surface area contributed by atoms with Gasteiger partial charge in [0.05, 0.1) is 11.1 Å². The summed E-state index contributed by atoms with van der Waals surface area (Å²) in [6, 6.07) is -2.39. The molecule has 2 nitrogen and oxygen atoms in total. The molecule has 0 amide bonds. The number of hydrogen-bond acceptors (Lipinski definition) is 2. The highest BCUT2D eigenvalue weighted by Gasteiger charge is 2.49. The van der Waals surface area contributed by atoms with Crippen molar-refractivity contribution in [1.82, 2.24) is 10.2 Å². The number of nitrogens with zero attached hydrogens (tertiary/aromatic N) is 1. The molecule has 1 aliphatic heterocycles. The van der Waals surface area contributed by atoms with E-state index in [2.05, 4.69) is 5.32 Å². The van der Waals surface area contributed by atoms with Gasteiger partial charge in [-0.05, 0) is 17.7 Å². The second-order valence-corrected chi connectivity index (χ2v) is 5.53. The van der Waals surface area contributed by atoms with E-state index in [9.17, 15) is 39.5 Å². The summed E-state index contributed by atoms with van der Waals surface area (Å²) in [5.41, 5.74) is -4.80. The summed E-state index contributed by atoms with van der Waals surface area (Å²) in [7, 11) is 0. The first kappa shape index (κ1) is 26.1. The lowest BCUT2D eigenvalue weighted by Crippen LogP contribution is -2.49. The fourth-order valence-electron chi connectivity index (χ4n) is 2.74. The van der Waals surface area contributed by atoms with Crippen LogP contribution >= 0.6 is 24.8 Å². The Bertz CT molecular complexity index is 608. The van der Waals surface area contributed by atoms with E-state index in [1.807, 2.05) is 0 Å². The molecule has 1 aromatic carbocycles. The van der Waals surface area contributed by atoms with Crippen LogP contribution in [-0.4, -0.2) is 37.3 Å². The Hall–Kier alpha value is -0.910. The molecule has 0 aliphatic carbocycles. The third-order valence-corrected chi connectivity index (χ3v) is 3.81. The number of rotatable bonds is 2. The first-order valence-electron chi connectivity index (χ1n) is 7.11. The second kappa shape index (κ2) is 9.06. The molecule has 158 valence electrons. The van der Waals surface area contributed by atoms with Crippen LogP contribution in [0.1, 0.15) is 22.7 Å². The van der Waals surface area contributed by atoms with Crippen LogP contribution < -0.4 is 5.32 Å². The number of benzene rings is 1. The van der Waals surface area contributed by atoms with E-state index in [0.717, 1.165) is 4.90 Å². The van der Waals surface area contributed by atoms with Crippen LogP contribution in [0, 0.1) is 0 Å². The SMILES string of the molecule is Cl.Cl.FC(F)(F)c1ccc([C@@H](N2CCNCC2)C(F)(F)F)c(C(F)(F)F)c1. The van der Waals surface area contributed by atoms with Gasteiger partial charge in [0.25, 0.3) is 0 Å². The van der Waals surface area contributed by atoms with Gasteiger partial charge in [-0.1, -0.05) is 6.07 Å². The third kappa shape index (κ3) is 6.30. The van der Waals surface area contributed by atoms with Crippen molar-refractivity contribution in [1.29, 1.82) is 0 Å². The van der Waals surface area contributed by atoms with Gasteiger partial charge >= 0.3 is 18.5 Å². The van der Waals surface area contributed by atoms with Crippen LogP contribution in [0.5, 0.6) is 0 Å². The molecular formula is C14H15Cl2F9N2. The summed E-state index contributed by atoms with van der Waals surface area (Å²) < 4.78 is 118.